The van der Waals surface area contributed by atoms with Crippen LogP contribution in [0.15, 0.2) is 40.8 Å². The van der Waals surface area contributed by atoms with Gasteiger partial charge in [-0.2, -0.15) is 4.99 Å². The lowest BCUT2D eigenvalue weighted by Gasteiger charge is -2.27. The fourth-order valence-corrected chi connectivity index (χ4v) is 3.45. The van der Waals surface area contributed by atoms with Gasteiger partial charge in [-0.25, -0.2) is 0 Å². The van der Waals surface area contributed by atoms with Gasteiger partial charge in [-0.05, 0) is 35.5 Å². The number of amides is 1. The Morgan fingerprint density at radius 2 is 2.16 bits per heavy atom. The molecule has 1 saturated heterocycles. The molecule has 132 valence electrons. The Bertz CT molecular complexity index is 724. The van der Waals surface area contributed by atoms with Gasteiger partial charge in [0.05, 0.1) is 25.2 Å². The van der Waals surface area contributed by atoms with Crippen LogP contribution in [0.25, 0.3) is 6.08 Å². The molecule has 1 fully saturated rings. The molecule has 2 aliphatic heterocycles. The van der Waals surface area contributed by atoms with E-state index in [1.807, 2.05) is 24.3 Å². The van der Waals surface area contributed by atoms with Crippen LogP contribution in [0.4, 0.5) is 0 Å². The molecule has 1 aromatic carbocycles. The molecule has 1 aromatic rings. The molecular formula is C18H20N2O4S. The second-order valence-electron chi connectivity index (χ2n) is 5.42. The first kappa shape index (κ1) is 17.6. The van der Waals surface area contributed by atoms with Gasteiger partial charge >= 0.3 is 0 Å². The number of amidine groups is 1. The van der Waals surface area contributed by atoms with Crippen LogP contribution in [0.1, 0.15) is 5.56 Å². The van der Waals surface area contributed by atoms with Gasteiger partial charge in [0.1, 0.15) is 6.61 Å². The topological polar surface area (TPSA) is 60.4 Å². The van der Waals surface area contributed by atoms with E-state index in [4.69, 9.17) is 14.2 Å². The van der Waals surface area contributed by atoms with Crippen molar-refractivity contribution in [2.24, 2.45) is 4.99 Å². The number of carbonyl (C=O) groups is 1. The summed E-state index contributed by atoms with van der Waals surface area (Å²) in [5.74, 6) is 1.04. The maximum absolute atomic E-state index is 12.2. The molecule has 7 heteroatoms. The van der Waals surface area contributed by atoms with E-state index in [1.54, 1.807) is 13.2 Å². The molecule has 0 N–H and O–H groups in total. The molecule has 0 atom stereocenters. The lowest BCUT2D eigenvalue weighted by molar-refractivity contribution is -0.113. The summed E-state index contributed by atoms with van der Waals surface area (Å²) in [6, 6.07) is 5.54. The molecule has 25 heavy (non-hydrogen) atoms. The highest BCUT2D eigenvalue weighted by Crippen LogP contribution is 2.33. The summed E-state index contributed by atoms with van der Waals surface area (Å²) < 4.78 is 16.2. The Labute approximate surface area is 151 Å². The molecule has 0 aromatic heterocycles. The predicted molar refractivity (Wildman–Crippen MR) is 99.1 cm³/mol. The molecule has 0 saturated carbocycles. The Morgan fingerprint density at radius 3 is 2.88 bits per heavy atom. The van der Waals surface area contributed by atoms with E-state index < -0.39 is 0 Å². The van der Waals surface area contributed by atoms with Crippen molar-refractivity contribution in [2.75, 3.05) is 40.0 Å². The molecule has 6 nitrogen and oxygen atoms in total. The SMILES string of the molecule is C=CCOc1ccc(/C=C2/SC(N3CCOCC3)=NC2=O)cc1OC. The number of morpholine rings is 1. The molecule has 0 spiro atoms. The van der Waals surface area contributed by atoms with Crippen molar-refractivity contribution in [1.29, 1.82) is 0 Å². The summed E-state index contributed by atoms with van der Waals surface area (Å²) in [6.45, 7) is 6.88. The maximum atomic E-state index is 12.2. The minimum atomic E-state index is -0.211. The van der Waals surface area contributed by atoms with Gasteiger partial charge in [0.25, 0.3) is 5.91 Å². The summed E-state index contributed by atoms with van der Waals surface area (Å²) in [6.07, 6.45) is 3.50. The Kier molecular flexibility index (Phi) is 5.78. The van der Waals surface area contributed by atoms with Crippen LogP contribution >= 0.6 is 11.8 Å². The van der Waals surface area contributed by atoms with Crippen molar-refractivity contribution in [3.63, 3.8) is 0 Å². The summed E-state index contributed by atoms with van der Waals surface area (Å²) in [7, 11) is 1.59. The number of methoxy groups -OCH3 is 1. The molecule has 0 unspecified atom stereocenters. The second-order valence-corrected chi connectivity index (χ2v) is 6.43. The first-order chi connectivity index (χ1) is 12.2. The molecule has 0 radical (unpaired) electrons. The molecule has 0 bridgehead atoms. The average Bonchev–Trinajstić information content (AvgIpc) is 3.02. The van der Waals surface area contributed by atoms with Crippen LogP contribution in [0.3, 0.4) is 0 Å². The molecule has 1 amide bonds. The van der Waals surface area contributed by atoms with Crippen molar-refractivity contribution < 1.29 is 19.0 Å². The van der Waals surface area contributed by atoms with E-state index in [0.717, 1.165) is 23.8 Å². The Morgan fingerprint density at radius 1 is 1.36 bits per heavy atom. The summed E-state index contributed by atoms with van der Waals surface area (Å²) in [5.41, 5.74) is 0.858. The van der Waals surface area contributed by atoms with E-state index in [0.29, 0.717) is 36.2 Å². The van der Waals surface area contributed by atoms with Gasteiger partial charge in [0, 0.05) is 13.1 Å². The van der Waals surface area contributed by atoms with E-state index >= 15 is 0 Å². The first-order valence-electron chi connectivity index (χ1n) is 7.98. The first-order valence-corrected chi connectivity index (χ1v) is 8.80. The molecule has 2 aliphatic rings. The molecule has 3 rings (SSSR count). The number of rotatable bonds is 5. The molecular weight excluding hydrogens is 340 g/mol. The minimum Gasteiger partial charge on any atom is -0.493 e. The zero-order valence-corrected chi connectivity index (χ0v) is 14.9. The maximum Gasteiger partial charge on any atom is 0.286 e. The Balaban J connectivity index is 1.74. The number of benzene rings is 1. The highest BCUT2D eigenvalue weighted by molar-refractivity contribution is 8.18. The van der Waals surface area contributed by atoms with Crippen LogP contribution < -0.4 is 9.47 Å². The fourth-order valence-electron chi connectivity index (χ4n) is 2.48. The molecule has 0 aliphatic carbocycles. The van der Waals surface area contributed by atoms with E-state index in [2.05, 4.69) is 16.5 Å². The zero-order chi connectivity index (χ0) is 17.6. The van der Waals surface area contributed by atoms with E-state index in [9.17, 15) is 4.79 Å². The van der Waals surface area contributed by atoms with Crippen molar-refractivity contribution in [2.45, 2.75) is 0 Å². The van der Waals surface area contributed by atoms with E-state index in [-0.39, 0.29) is 5.91 Å². The van der Waals surface area contributed by atoms with Gasteiger partial charge in [-0.1, -0.05) is 18.7 Å². The second kappa shape index (κ2) is 8.22. The average molecular weight is 360 g/mol. The normalized spacial score (nSPS) is 19.1. The zero-order valence-electron chi connectivity index (χ0n) is 14.1. The quantitative estimate of drug-likeness (QED) is 0.594. The van der Waals surface area contributed by atoms with Gasteiger partial charge in [0.15, 0.2) is 16.7 Å². The van der Waals surface area contributed by atoms with Crippen LogP contribution in [0.5, 0.6) is 11.5 Å². The minimum absolute atomic E-state index is 0.211. The fraction of sp³-hybridized carbons (Fsp3) is 0.333. The van der Waals surface area contributed by atoms with Crippen LogP contribution in [0.2, 0.25) is 0 Å². The standard InChI is InChI=1S/C18H20N2O4S/c1-3-8-24-14-5-4-13(11-15(14)22-2)12-16-17(21)19-18(25-16)20-6-9-23-10-7-20/h3-5,11-12H,1,6-10H2,2H3/b16-12+. The summed E-state index contributed by atoms with van der Waals surface area (Å²) in [5, 5.41) is 0.748. The summed E-state index contributed by atoms with van der Waals surface area (Å²) in [4.78, 5) is 19.0. The highest BCUT2D eigenvalue weighted by atomic mass is 32.2. The summed E-state index contributed by atoms with van der Waals surface area (Å²) >= 11 is 1.40. The van der Waals surface area contributed by atoms with Crippen molar-refractivity contribution in [3.05, 3.63) is 41.3 Å². The number of nitrogens with zero attached hydrogens (tertiary/aromatic N) is 2. The van der Waals surface area contributed by atoms with Crippen molar-refractivity contribution in [3.8, 4) is 11.5 Å². The number of hydrogen-bond acceptors (Lipinski definition) is 6. The van der Waals surface area contributed by atoms with Crippen LogP contribution in [-0.4, -0.2) is 56.0 Å². The van der Waals surface area contributed by atoms with Crippen molar-refractivity contribution in [1.82, 2.24) is 4.90 Å². The number of carbonyl (C=O) groups excluding carboxylic acids is 1. The Hall–Kier alpha value is -2.25. The molecule has 2 heterocycles. The van der Waals surface area contributed by atoms with Crippen LogP contribution in [-0.2, 0) is 9.53 Å². The monoisotopic (exact) mass is 360 g/mol. The number of aliphatic imine (C=N–C) groups is 1. The lowest BCUT2D eigenvalue weighted by Crippen LogP contribution is -2.38. The highest BCUT2D eigenvalue weighted by Gasteiger charge is 2.27. The van der Waals surface area contributed by atoms with Crippen LogP contribution in [0, 0.1) is 0 Å². The number of thioether (sulfide) groups is 1. The third kappa shape index (κ3) is 4.24. The number of hydrogen-bond donors (Lipinski definition) is 0. The van der Waals surface area contributed by atoms with E-state index in [1.165, 1.54) is 11.8 Å². The van der Waals surface area contributed by atoms with Gasteiger partial charge in [-0.15, -0.1) is 0 Å². The predicted octanol–water partition coefficient (Wildman–Crippen LogP) is 2.56. The van der Waals surface area contributed by atoms with Gasteiger partial charge in [-0.3, -0.25) is 4.79 Å². The number of ether oxygens (including phenoxy) is 3. The largest absolute Gasteiger partial charge is 0.493 e. The lowest BCUT2D eigenvalue weighted by atomic mass is 10.2. The van der Waals surface area contributed by atoms with Crippen molar-refractivity contribution >= 4 is 28.9 Å². The van der Waals surface area contributed by atoms with Gasteiger partial charge in [0.2, 0.25) is 0 Å². The third-order valence-electron chi connectivity index (χ3n) is 3.73. The van der Waals surface area contributed by atoms with Gasteiger partial charge < -0.3 is 19.1 Å². The third-order valence-corrected chi connectivity index (χ3v) is 4.78. The smallest absolute Gasteiger partial charge is 0.286 e.